The number of hydrogen-bond donors (Lipinski definition) is 1. The molecule has 1 N–H and O–H groups in total. The molecule has 0 aromatic rings. The summed E-state index contributed by atoms with van der Waals surface area (Å²) >= 11 is 5.32. The Morgan fingerprint density at radius 1 is 1.56 bits per heavy atom. The Labute approximate surface area is 70.4 Å². The number of halogens is 2. The Bertz CT molecular complexity index is 119. The largest absolute Gasteiger partial charge is 0.356 e. The van der Waals surface area contributed by atoms with E-state index in [1.54, 1.807) is 0 Å². The minimum absolute atomic E-state index is 0.185. The molecular weight excluding hydrogens is 274 g/mol. The van der Waals surface area contributed by atoms with Crippen LogP contribution in [-0.4, -0.2) is 16.7 Å². The molecule has 1 fully saturated rings. The lowest BCUT2D eigenvalue weighted by Crippen LogP contribution is -2.37. The van der Waals surface area contributed by atoms with E-state index >= 15 is 0 Å². The van der Waals surface area contributed by atoms with Crippen molar-refractivity contribution in [1.82, 2.24) is 5.32 Å². The van der Waals surface area contributed by atoms with E-state index in [0.717, 1.165) is 13.0 Å². The van der Waals surface area contributed by atoms with Gasteiger partial charge in [0, 0.05) is 42.6 Å². The molecule has 1 aliphatic rings. The van der Waals surface area contributed by atoms with Crippen molar-refractivity contribution in [3.8, 4) is 0 Å². The van der Waals surface area contributed by atoms with E-state index in [1.165, 1.54) is 0 Å². The number of rotatable bonds is 0. The zero-order chi connectivity index (χ0) is 7.28. The van der Waals surface area contributed by atoms with Crippen LogP contribution in [0, 0.1) is 0 Å². The van der Waals surface area contributed by atoms with Crippen molar-refractivity contribution in [3.05, 3.63) is 0 Å². The van der Waals surface area contributed by atoms with E-state index < -0.39 is 7.67 Å². The van der Waals surface area contributed by atoms with Crippen LogP contribution in [0.1, 0.15) is 6.42 Å². The van der Waals surface area contributed by atoms with Crippen molar-refractivity contribution in [2.45, 2.75) is 6.42 Å². The lowest BCUT2D eigenvalue weighted by atomic mass is 10.3. The summed E-state index contributed by atoms with van der Waals surface area (Å²) in [6.07, 6.45) is 0.736. The molecule has 1 aliphatic heterocycles. The number of carbonyl (C=O) groups is 1. The smallest absolute Gasteiger partial charge is 0.221 e. The van der Waals surface area contributed by atoms with Crippen LogP contribution in [0.25, 0.3) is 0 Å². The number of carbonyl (C=O) groups excluding carboxylic acids is 1. The molecule has 0 radical (unpaired) electrons. The minimum atomic E-state index is -0.986. The third kappa shape index (κ3) is 8.58. The highest BCUT2D eigenvalue weighted by Crippen LogP contribution is 1.98. The molecule has 0 atom stereocenters. The second-order valence-electron chi connectivity index (χ2n) is 1.28. The highest BCUT2D eigenvalue weighted by Gasteiger charge is 2.07. The third-order valence-corrected chi connectivity index (χ3v) is 0.674. The van der Waals surface area contributed by atoms with Crippen LogP contribution in [0.4, 0.5) is 0 Å². The quantitative estimate of drug-likeness (QED) is 0.528. The molecule has 0 bridgehead atoms. The Morgan fingerprint density at radius 3 is 1.78 bits per heavy atom. The van der Waals surface area contributed by atoms with Gasteiger partial charge in [-0.15, -0.1) is 0 Å². The summed E-state index contributed by atoms with van der Waals surface area (Å²) in [6.45, 7) is 0.888. The van der Waals surface area contributed by atoms with Crippen molar-refractivity contribution >= 4 is 43.2 Å². The molecule has 0 unspecified atom stereocenters. The molecule has 6 heteroatoms. The Morgan fingerprint density at radius 2 is 1.78 bits per heavy atom. The fourth-order valence-electron chi connectivity index (χ4n) is 0.227. The summed E-state index contributed by atoms with van der Waals surface area (Å²) < 4.78 is 9.39. The van der Waals surface area contributed by atoms with Gasteiger partial charge in [-0.05, 0) is 0 Å². The maximum atomic E-state index is 9.79. The second kappa shape index (κ2) is 5.37. The lowest BCUT2D eigenvalue weighted by Gasteiger charge is -2.10. The van der Waals surface area contributed by atoms with Gasteiger partial charge in [-0.3, -0.25) is 4.79 Å². The molecule has 1 heterocycles. The topological polar surface area (TPSA) is 46.2 Å². The molecule has 1 saturated heterocycles. The van der Waals surface area contributed by atoms with E-state index in [9.17, 15) is 9.00 Å². The lowest BCUT2D eigenvalue weighted by molar-refractivity contribution is -0.125. The predicted octanol–water partition coefficient (Wildman–Crippen LogP) is 0.861. The summed E-state index contributed by atoms with van der Waals surface area (Å²) in [7, 11) is -0.986. The van der Waals surface area contributed by atoms with Gasteiger partial charge in [-0.1, -0.05) is 0 Å². The van der Waals surface area contributed by atoms with Crippen molar-refractivity contribution in [2.75, 3.05) is 6.54 Å². The summed E-state index contributed by atoms with van der Waals surface area (Å²) in [5, 5.41) is 2.57. The van der Waals surface area contributed by atoms with E-state index in [0.29, 0.717) is 0 Å². The summed E-state index contributed by atoms with van der Waals surface area (Å²) in [4.78, 5) is 9.79. The molecular formula is C3H5Br2NO2S. The van der Waals surface area contributed by atoms with Crippen molar-refractivity contribution in [2.24, 2.45) is 0 Å². The fraction of sp³-hybridized carbons (Fsp3) is 0.667. The number of amides is 1. The van der Waals surface area contributed by atoms with Crippen molar-refractivity contribution in [3.63, 3.8) is 0 Å². The molecule has 0 aliphatic carbocycles. The van der Waals surface area contributed by atoms with Gasteiger partial charge in [0.25, 0.3) is 0 Å². The zero-order valence-electron chi connectivity index (χ0n) is 4.39. The molecule has 3 nitrogen and oxygen atoms in total. The highest BCUT2D eigenvalue weighted by molar-refractivity contribution is 9.78. The van der Waals surface area contributed by atoms with E-state index in [1.807, 2.05) is 0 Å². The Hall–Kier alpha value is 0.580. The van der Waals surface area contributed by atoms with Gasteiger partial charge in [0.2, 0.25) is 5.91 Å². The first-order valence-corrected chi connectivity index (χ1v) is 6.97. The molecule has 1 rings (SSSR count). The van der Waals surface area contributed by atoms with Crippen LogP contribution >= 0.6 is 29.6 Å². The Kier molecular flexibility index (Phi) is 5.72. The average Bonchev–Trinajstić information content (AvgIpc) is 1.59. The summed E-state index contributed by atoms with van der Waals surface area (Å²) in [5.74, 6) is 0.185. The highest BCUT2D eigenvalue weighted by atomic mass is 79.9. The number of hydrogen-bond acceptors (Lipinski definition) is 2. The van der Waals surface area contributed by atoms with Crippen molar-refractivity contribution in [1.29, 1.82) is 0 Å². The average molecular weight is 279 g/mol. The second-order valence-corrected chi connectivity index (χ2v) is 7.79. The maximum Gasteiger partial charge on any atom is 0.221 e. The minimum Gasteiger partial charge on any atom is -0.356 e. The summed E-state index contributed by atoms with van der Waals surface area (Å²) in [6, 6.07) is 0. The molecule has 0 spiro atoms. The van der Waals surface area contributed by atoms with Gasteiger partial charge in [-0.2, -0.15) is 0 Å². The predicted molar refractivity (Wildman–Crippen MR) is 43.6 cm³/mol. The van der Waals surface area contributed by atoms with Crippen LogP contribution < -0.4 is 5.32 Å². The Balaban J connectivity index is 0.000000148. The van der Waals surface area contributed by atoms with Gasteiger partial charge in [0.15, 0.2) is 7.67 Å². The first-order chi connectivity index (χ1) is 4.13. The van der Waals surface area contributed by atoms with Gasteiger partial charge >= 0.3 is 0 Å². The molecule has 9 heavy (non-hydrogen) atoms. The van der Waals surface area contributed by atoms with Crippen molar-refractivity contribution < 1.29 is 9.00 Å². The van der Waals surface area contributed by atoms with Crippen LogP contribution in [0.15, 0.2) is 0 Å². The third-order valence-electron chi connectivity index (χ3n) is 0.674. The molecule has 54 valence electrons. The SMILES string of the molecule is O=C1CCN1.O=S(Br)Br. The maximum absolute atomic E-state index is 9.79. The normalized spacial score (nSPS) is 15.2. The first-order valence-electron chi connectivity index (χ1n) is 2.14. The fourth-order valence-corrected chi connectivity index (χ4v) is 0.227. The number of β-lactam (4-membered cyclic amide) rings is 1. The van der Waals surface area contributed by atoms with E-state index in [4.69, 9.17) is 0 Å². The molecule has 1 amide bonds. The first kappa shape index (κ1) is 9.58. The molecule has 0 saturated carbocycles. The van der Waals surface area contributed by atoms with Crippen LogP contribution in [0.2, 0.25) is 0 Å². The van der Waals surface area contributed by atoms with Crippen LogP contribution in [0.3, 0.4) is 0 Å². The van der Waals surface area contributed by atoms with E-state index in [2.05, 4.69) is 34.9 Å². The van der Waals surface area contributed by atoms with Gasteiger partial charge in [0.05, 0.1) is 0 Å². The van der Waals surface area contributed by atoms with Gasteiger partial charge in [0.1, 0.15) is 0 Å². The van der Waals surface area contributed by atoms with Crippen LogP contribution in [-0.2, 0) is 12.5 Å². The van der Waals surface area contributed by atoms with Gasteiger partial charge < -0.3 is 5.32 Å². The monoisotopic (exact) mass is 277 g/mol. The molecule has 0 aromatic carbocycles. The van der Waals surface area contributed by atoms with E-state index in [-0.39, 0.29) is 5.91 Å². The number of nitrogens with one attached hydrogen (secondary N) is 1. The van der Waals surface area contributed by atoms with Gasteiger partial charge in [-0.25, -0.2) is 4.21 Å². The molecule has 0 aromatic heterocycles. The van der Waals surface area contributed by atoms with Crippen LogP contribution in [0.5, 0.6) is 0 Å². The standard InChI is InChI=1S/C3H5NO.Br2OS/c5-3-1-2-4-3;1-4(2)3/h1-2H2,(H,4,5);. The zero-order valence-corrected chi connectivity index (χ0v) is 8.38. The summed E-state index contributed by atoms with van der Waals surface area (Å²) in [5.41, 5.74) is 0.